The maximum atomic E-state index is 12.6. The second-order valence-corrected chi connectivity index (χ2v) is 8.79. The van der Waals surface area contributed by atoms with Gasteiger partial charge in [-0.05, 0) is 59.3 Å². The summed E-state index contributed by atoms with van der Waals surface area (Å²) >= 11 is 3.31. The van der Waals surface area contributed by atoms with Gasteiger partial charge in [0.15, 0.2) is 0 Å². The lowest BCUT2D eigenvalue weighted by atomic mass is 10.1. The van der Waals surface area contributed by atoms with Gasteiger partial charge in [-0.3, -0.25) is 4.79 Å². The summed E-state index contributed by atoms with van der Waals surface area (Å²) in [5.74, 6) is 0.480. The molecule has 1 aromatic carbocycles. The summed E-state index contributed by atoms with van der Waals surface area (Å²) in [5, 5.41) is 0. The molecule has 0 radical (unpaired) electrons. The van der Waals surface area contributed by atoms with Crippen molar-refractivity contribution in [2.45, 2.75) is 30.2 Å². The lowest BCUT2D eigenvalue weighted by molar-refractivity contribution is 0.0702. The Kier molecular flexibility index (Phi) is 3.59. The number of rotatable bonds is 2. The van der Waals surface area contributed by atoms with E-state index in [0.717, 1.165) is 19.4 Å². The van der Waals surface area contributed by atoms with E-state index in [9.17, 15) is 13.2 Å². The van der Waals surface area contributed by atoms with E-state index in [4.69, 9.17) is 10.7 Å². The number of carbonyl (C=O) groups is 1. The number of nitrogens with zero attached hydrogens (tertiary/aromatic N) is 1. The first-order valence-corrected chi connectivity index (χ1v) is 9.51. The van der Waals surface area contributed by atoms with E-state index in [1.165, 1.54) is 18.6 Å². The number of hydrogen-bond donors (Lipinski definition) is 0. The van der Waals surface area contributed by atoms with E-state index >= 15 is 0 Å². The first kappa shape index (κ1) is 14.4. The number of amides is 1. The normalized spacial score (nSPS) is 25.2. The van der Waals surface area contributed by atoms with E-state index < -0.39 is 9.05 Å². The van der Waals surface area contributed by atoms with Crippen LogP contribution >= 0.6 is 26.6 Å². The summed E-state index contributed by atoms with van der Waals surface area (Å²) < 4.78 is 23.4. The molecule has 1 aliphatic heterocycles. The van der Waals surface area contributed by atoms with Crippen LogP contribution in [0.25, 0.3) is 0 Å². The fourth-order valence-electron chi connectivity index (χ4n) is 3.15. The smallest absolute Gasteiger partial charge is 0.261 e. The highest BCUT2D eigenvalue weighted by Crippen LogP contribution is 2.38. The highest BCUT2D eigenvalue weighted by Gasteiger charge is 2.40. The van der Waals surface area contributed by atoms with E-state index in [1.54, 1.807) is 6.07 Å². The molecule has 0 N–H and O–H groups in total. The van der Waals surface area contributed by atoms with Crippen LogP contribution in [-0.4, -0.2) is 31.8 Å². The molecule has 0 spiro atoms. The molecule has 7 heteroatoms. The van der Waals surface area contributed by atoms with Crippen LogP contribution in [0.3, 0.4) is 0 Å². The zero-order chi connectivity index (χ0) is 14.5. The van der Waals surface area contributed by atoms with Gasteiger partial charge in [0.2, 0.25) is 0 Å². The van der Waals surface area contributed by atoms with E-state index in [-0.39, 0.29) is 10.8 Å². The molecule has 4 nitrogen and oxygen atoms in total. The topological polar surface area (TPSA) is 54.5 Å². The third kappa shape index (κ3) is 2.49. The monoisotopic (exact) mass is 377 g/mol. The summed E-state index contributed by atoms with van der Waals surface area (Å²) in [4.78, 5) is 14.4. The quantitative estimate of drug-likeness (QED) is 0.743. The molecular formula is C13H13BrClNO3S. The van der Waals surface area contributed by atoms with Crippen LogP contribution in [0.2, 0.25) is 0 Å². The summed E-state index contributed by atoms with van der Waals surface area (Å²) in [6.45, 7) is 0.772. The Hall–Kier alpha value is -0.590. The van der Waals surface area contributed by atoms with E-state index in [2.05, 4.69) is 15.9 Å². The third-order valence-electron chi connectivity index (χ3n) is 4.12. The summed E-state index contributed by atoms with van der Waals surface area (Å²) in [5.41, 5.74) is 0.360. The average Bonchev–Trinajstić information content (AvgIpc) is 2.99. The second-order valence-electron chi connectivity index (χ2n) is 5.37. The standard InChI is InChI=1S/C13H13BrClNO3S/c14-12-4-3-10(20(15,18)19)6-11(12)13(17)16-7-8-1-2-9(16)5-8/h3-4,6,8-9H,1-2,5,7H2. The van der Waals surface area contributed by atoms with Crippen molar-refractivity contribution in [1.82, 2.24) is 4.90 Å². The molecule has 20 heavy (non-hydrogen) atoms. The van der Waals surface area contributed by atoms with Crippen LogP contribution < -0.4 is 0 Å². The molecule has 2 aliphatic rings. The molecule has 1 amide bonds. The van der Waals surface area contributed by atoms with Crippen LogP contribution in [0.5, 0.6) is 0 Å². The van der Waals surface area contributed by atoms with Gasteiger partial charge in [-0.2, -0.15) is 0 Å². The van der Waals surface area contributed by atoms with Gasteiger partial charge < -0.3 is 4.90 Å². The molecule has 1 aliphatic carbocycles. The van der Waals surface area contributed by atoms with Crippen LogP contribution in [0.15, 0.2) is 27.6 Å². The molecule has 3 rings (SSSR count). The van der Waals surface area contributed by atoms with Gasteiger partial charge >= 0.3 is 0 Å². The molecule has 0 aromatic heterocycles. The van der Waals surface area contributed by atoms with E-state index in [0.29, 0.717) is 22.0 Å². The van der Waals surface area contributed by atoms with Crippen molar-refractivity contribution < 1.29 is 13.2 Å². The van der Waals surface area contributed by atoms with Crippen molar-refractivity contribution in [2.75, 3.05) is 6.54 Å². The molecule has 1 heterocycles. The fourth-order valence-corrected chi connectivity index (χ4v) is 4.34. The number of halogens is 2. The molecule has 2 unspecified atom stereocenters. The van der Waals surface area contributed by atoms with Gasteiger partial charge in [0.1, 0.15) is 0 Å². The molecule has 108 valence electrons. The molecule has 1 saturated carbocycles. The van der Waals surface area contributed by atoms with Gasteiger partial charge in [0.05, 0.1) is 10.5 Å². The van der Waals surface area contributed by atoms with Crippen LogP contribution in [-0.2, 0) is 9.05 Å². The third-order valence-corrected chi connectivity index (χ3v) is 6.16. The molecule has 2 fully saturated rings. The van der Waals surface area contributed by atoms with Crippen molar-refractivity contribution in [1.29, 1.82) is 0 Å². The number of piperidine rings is 1. The Morgan fingerprint density at radius 1 is 1.35 bits per heavy atom. The van der Waals surface area contributed by atoms with Crippen molar-refractivity contribution in [3.8, 4) is 0 Å². The minimum atomic E-state index is -3.83. The first-order valence-electron chi connectivity index (χ1n) is 6.41. The molecule has 2 atom stereocenters. The fraction of sp³-hybridized carbons (Fsp3) is 0.462. The largest absolute Gasteiger partial charge is 0.335 e. The van der Waals surface area contributed by atoms with Gasteiger partial charge in [-0.1, -0.05) is 0 Å². The van der Waals surface area contributed by atoms with Crippen molar-refractivity contribution in [3.05, 3.63) is 28.2 Å². The SMILES string of the molecule is O=C(c1cc(S(=O)(=O)Cl)ccc1Br)N1CC2CCC1C2. The summed E-state index contributed by atoms with van der Waals surface area (Å²) in [6, 6.07) is 4.59. The average molecular weight is 379 g/mol. The van der Waals surface area contributed by atoms with Crippen LogP contribution in [0.1, 0.15) is 29.6 Å². The maximum absolute atomic E-state index is 12.6. The number of fused-ring (bicyclic) bond motifs is 2. The predicted octanol–water partition coefficient (Wildman–Crippen LogP) is 3.00. The zero-order valence-electron chi connectivity index (χ0n) is 10.6. The Balaban J connectivity index is 1.95. The summed E-state index contributed by atoms with van der Waals surface area (Å²) in [7, 11) is 1.51. The second kappa shape index (κ2) is 5.00. The first-order chi connectivity index (χ1) is 9.36. The highest BCUT2D eigenvalue weighted by molar-refractivity contribution is 9.10. The Labute approximate surface area is 130 Å². The van der Waals surface area contributed by atoms with Crippen molar-refractivity contribution in [3.63, 3.8) is 0 Å². The molecule has 1 aromatic rings. The van der Waals surface area contributed by atoms with Crippen molar-refractivity contribution >= 4 is 41.6 Å². The highest BCUT2D eigenvalue weighted by atomic mass is 79.9. The molecule has 1 saturated heterocycles. The Morgan fingerprint density at radius 3 is 2.65 bits per heavy atom. The van der Waals surface area contributed by atoms with Gasteiger partial charge in [0, 0.05) is 27.7 Å². The number of likely N-dealkylation sites (tertiary alicyclic amines) is 1. The van der Waals surface area contributed by atoms with Crippen molar-refractivity contribution in [2.24, 2.45) is 5.92 Å². The number of carbonyl (C=O) groups excluding carboxylic acids is 1. The van der Waals surface area contributed by atoms with Gasteiger partial charge in [-0.25, -0.2) is 8.42 Å². The molecule has 2 bridgehead atoms. The lowest BCUT2D eigenvalue weighted by Gasteiger charge is -2.27. The van der Waals surface area contributed by atoms with Crippen LogP contribution in [0.4, 0.5) is 0 Å². The Bertz CT molecular complexity index is 676. The summed E-state index contributed by atoms with van der Waals surface area (Å²) in [6.07, 6.45) is 3.30. The van der Waals surface area contributed by atoms with E-state index in [1.807, 2.05) is 4.90 Å². The van der Waals surface area contributed by atoms with Crippen LogP contribution in [0, 0.1) is 5.92 Å². The zero-order valence-corrected chi connectivity index (χ0v) is 13.7. The number of benzene rings is 1. The molecular weight excluding hydrogens is 366 g/mol. The minimum Gasteiger partial charge on any atom is -0.335 e. The minimum absolute atomic E-state index is 0.0462. The lowest BCUT2D eigenvalue weighted by Crippen LogP contribution is -2.37. The number of hydrogen-bond acceptors (Lipinski definition) is 3. The maximum Gasteiger partial charge on any atom is 0.261 e. The van der Waals surface area contributed by atoms with Gasteiger partial charge in [-0.15, -0.1) is 0 Å². The van der Waals surface area contributed by atoms with Gasteiger partial charge in [0.25, 0.3) is 15.0 Å². The predicted molar refractivity (Wildman–Crippen MR) is 79.3 cm³/mol. The Morgan fingerprint density at radius 2 is 2.10 bits per heavy atom.